The van der Waals surface area contributed by atoms with Crippen molar-refractivity contribution in [1.29, 1.82) is 0 Å². The second-order valence-corrected chi connectivity index (χ2v) is 8.53. The van der Waals surface area contributed by atoms with Gasteiger partial charge in [0.15, 0.2) is 17.3 Å². The quantitative estimate of drug-likeness (QED) is 0.374. The van der Waals surface area contributed by atoms with Crippen LogP contribution in [0.4, 0.5) is 0 Å². The molecular formula is C26H38ClNO6. The Kier molecular flexibility index (Phi) is 12.2. The van der Waals surface area contributed by atoms with Crippen LogP contribution >= 0.6 is 12.4 Å². The van der Waals surface area contributed by atoms with Gasteiger partial charge in [0.1, 0.15) is 18.5 Å². The lowest BCUT2D eigenvalue weighted by molar-refractivity contribution is 0.0966. The van der Waals surface area contributed by atoms with Crippen molar-refractivity contribution in [1.82, 2.24) is 5.32 Å². The first kappa shape index (κ1) is 29.6. The van der Waals surface area contributed by atoms with E-state index < -0.39 is 6.10 Å². The molecule has 0 saturated carbocycles. The van der Waals surface area contributed by atoms with E-state index in [4.69, 9.17) is 18.9 Å². The zero-order valence-electron chi connectivity index (χ0n) is 21.0. The van der Waals surface area contributed by atoms with Crippen LogP contribution in [0.2, 0.25) is 0 Å². The Labute approximate surface area is 209 Å². The number of hydrogen-bond acceptors (Lipinski definition) is 7. The Hall–Kier alpha value is -2.48. The SMILES string of the molecule is CCC(C)(C)NCC(O)COc1ccccc1CCC(=O)c1cc(OC)c(OC)c(OC)c1.Cl. The van der Waals surface area contributed by atoms with E-state index in [1.54, 1.807) is 12.1 Å². The number of aliphatic hydroxyl groups excluding tert-OH is 1. The third kappa shape index (κ3) is 8.38. The zero-order chi connectivity index (χ0) is 24.4. The number of carbonyl (C=O) groups excluding carboxylic acids is 1. The van der Waals surface area contributed by atoms with Gasteiger partial charge in [-0.2, -0.15) is 0 Å². The molecule has 0 heterocycles. The molecule has 190 valence electrons. The summed E-state index contributed by atoms with van der Waals surface area (Å²) in [5, 5.41) is 13.6. The largest absolute Gasteiger partial charge is 0.493 e. The summed E-state index contributed by atoms with van der Waals surface area (Å²) in [6, 6.07) is 10.9. The predicted octanol–water partition coefficient (Wildman–Crippen LogP) is 4.47. The third-order valence-corrected chi connectivity index (χ3v) is 5.71. The molecule has 0 bridgehead atoms. The van der Waals surface area contributed by atoms with Gasteiger partial charge in [-0.1, -0.05) is 25.1 Å². The number of methoxy groups -OCH3 is 3. The van der Waals surface area contributed by atoms with Crippen LogP contribution in [-0.2, 0) is 6.42 Å². The molecule has 1 atom stereocenters. The molecule has 0 spiro atoms. The molecule has 2 rings (SSSR count). The van der Waals surface area contributed by atoms with E-state index in [-0.39, 0.29) is 36.8 Å². The Morgan fingerprint density at radius 1 is 1.03 bits per heavy atom. The minimum absolute atomic E-state index is 0. The highest BCUT2D eigenvalue weighted by Crippen LogP contribution is 2.38. The fraction of sp³-hybridized carbons (Fsp3) is 0.500. The van der Waals surface area contributed by atoms with Gasteiger partial charge in [0.25, 0.3) is 0 Å². The second kappa shape index (κ2) is 14.0. The number of hydrogen-bond donors (Lipinski definition) is 2. The lowest BCUT2D eigenvalue weighted by Crippen LogP contribution is -2.44. The van der Waals surface area contributed by atoms with Gasteiger partial charge in [-0.05, 0) is 50.5 Å². The molecule has 2 N–H and O–H groups in total. The van der Waals surface area contributed by atoms with E-state index in [1.165, 1.54) is 21.3 Å². The highest BCUT2D eigenvalue weighted by Gasteiger charge is 2.18. The second-order valence-electron chi connectivity index (χ2n) is 8.53. The van der Waals surface area contributed by atoms with Gasteiger partial charge in [-0.15, -0.1) is 12.4 Å². The summed E-state index contributed by atoms with van der Waals surface area (Å²) < 4.78 is 21.9. The van der Waals surface area contributed by atoms with Crippen molar-refractivity contribution < 1.29 is 28.8 Å². The van der Waals surface area contributed by atoms with Crippen molar-refractivity contribution in [2.45, 2.75) is 51.7 Å². The smallest absolute Gasteiger partial charge is 0.203 e. The molecule has 0 aliphatic carbocycles. The lowest BCUT2D eigenvalue weighted by atomic mass is 10.0. The summed E-state index contributed by atoms with van der Waals surface area (Å²) in [6.07, 6.45) is 1.12. The summed E-state index contributed by atoms with van der Waals surface area (Å²) in [4.78, 5) is 12.9. The number of nitrogens with one attached hydrogen (secondary N) is 1. The van der Waals surface area contributed by atoms with Gasteiger partial charge in [-0.25, -0.2) is 0 Å². The number of rotatable bonds is 14. The van der Waals surface area contributed by atoms with E-state index in [9.17, 15) is 9.90 Å². The molecule has 0 aliphatic rings. The van der Waals surface area contributed by atoms with Gasteiger partial charge in [0, 0.05) is 24.1 Å². The number of carbonyl (C=O) groups is 1. The Balaban J connectivity index is 0.00000578. The molecule has 0 fully saturated rings. The number of β-amino-alcohol motifs (C(OH)–C–C–N with tert-alkyl or cyclic N) is 1. The van der Waals surface area contributed by atoms with E-state index in [0.29, 0.717) is 41.5 Å². The summed E-state index contributed by atoms with van der Waals surface area (Å²) in [5.41, 5.74) is 1.36. The topological polar surface area (TPSA) is 86.2 Å². The summed E-state index contributed by atoms with van der Waals surface area (Å²) in [5.74, 6) is 1.96. The minimum atomic E-state index is -0.634. The van der Waals surface area contributed by atoms with E-state index in [0.717, 1.165) is 12.0 Å². The number of para-hydroxylation sites is 1. The fourth-order valence-electron chi connectivity index (χ4n) is 3.25. The first-order valence-electron chi connectivity index (χ1n) is 11.2. The van der Waals surface area contributed by atoms with Crippen LogP contribution in [0.25, 0.3) is 0 Å². The molecule has 0 amide bonds. The fourth-order valence-corrected chi connectivity index (χ4v) is 3.25. The summed E-state index contributed by atoms with van der Waals surface area (Å²) in [6.45, 7) is 6.92. The monoisotopic (exact) mass is 495 g/mol. The van der Waals surface area contributed by atoms with Gasteiger partial charge in [0.05, 0.1) is 21.3 Å². The maximum Gasteiger partial charge on any atom is 0.203 e. The Bertz CT molecular complexity index is 893. The summed E-state index contributed by atoms with van der Waals surface area (Å²) >= 11 is 0. The zero-order valence-corrected chi connectivity index (χ0v) is 21.8. The van der Waals surface area contributed by atoms with Crippen molar-refractivity contribution in [3.63, 3.8) is 0 Å². The molecule has 8 heteroatoms. The van der Waals surface area contributed by atoms with Crippen molar-refractivity contribution in [3.8, 4) is 23.0 Å². The number of benzene rings is 2. The van der Waals surface area contributed by atoms with E-state index >= 15 is 0 Å². The number of ketones is 1. The standard InChI is InChI=1S/C26H37NO6.ClH/c1-7-26(2,3)27-16-20(28)17-33-22-11-9-8-10-18(22)12-13-21(29)19-14-23(30-4)25(32-6)24(15-19)31-5;/h8-11,14-15,20,27-28H,7,12-13,16-17H2,1-6H3;1H. The normalized spacial score (nSPS) is 11.9. The minimum Gasteiger partial charge on any atom is -0.493 e. The first-order chi connectivity index (χ1) is 15.7. The van der Waals surface area contributed by atoms with Crippen LogP contribution in [-0.4, -0.2) is 57.0 Å². The molecular weight excluding hydrogens is 458 g/mol. The van der Waals surface area contributed by atoms with E-state index in [2.05, 4.69) is 26.1 Å². The van der Waals surface area contributed by atoms with Gasteiger partial charge in [-0.3, -0.25) is 4.79 Å². The number of halogens is 1. The number of Topliss-reactive ketones (excluding diaryl/α,β-unsaturated/α-hetero) is 1. The van der Waals surface area contributed by atoms with Crippen molar-refractivity contribution in [2.24, 2.45) is 0 Å². The van der Waals surface area contributed by atoms with Crippen LogP contribution in [0.1, 0.15) is 49.5 Å². The first-order valence-corrected chi connectivity index (χ1v) is 11.2. The highest BCUT2D eigenvalue weighted by molar-refractivity contribution is 5.97. The molecule has 1 unspecified atom stereocenters. The molecule has 34 heavy (non-hydrogen) atoms. The van der Waals surface area contributed by atoms with Crippen LogP contribution < -0.4 is 24.3 Å². The van der Waals surface area contributed by atoms with Gasteiger partial charge < -0.3 is 29.4 Å². The molecule has 0 aromatic heterocycles. The maximum atomic E-state index is 12.9. The third-order valence-electron chi connectivity index (χ3n) is 5.71. The van der Waals surface area contributed by atoms with Crippen LogP contribution in [0.3, 0.4) is 0 Å². The van der Waals surface area contributed by atoms with Crippen molar-refractivity contribution >= 4 is 18.2 Å². The Morgan fingerprint density at radius 3 is 2.21 bits per heavy atom. The molecule has 2 aromatic carbocycles. The molecule has 0 radical (unpaired) electrons. The highest BCUT2D eigenvalue weighted by atomic mass is 35.5. The van der Waals surface area contributed by atoms with Gasteiger partial charge >= 0.3 is 0 Å². The molecule has 0 saturated heterocycles. The number of aliphatic hydroxyl groups is 1. The van der Waals surface area contributed by atoms with Crippen LogP contribution in [0.15, 0.2) is 36.4 Å². The number of aryl methyl sites for hydroxylation is 1. The number of ether oxygens (including phenoxy) is 4. The van der Waals surface area contributed by atoms with E-state index in [1.807, 2.05) is 24.3 Å². The average molecular weight is 496 g/mol. The van der Waals surface area contributed by atoms with Crippen LogP contribution in [0, 0.1) is 0 Å². The summed E-state index contributed by atoms with van der Waals surface area (Å²) in [7, 11) is 4.56. The van der Waals surface area contributed by atoms with Crippen molar-refractivity contribution in [3.05, 3.63) is 47.5 Å². The molecule has 7 nitrogen and oxygen atoms in total. The lowest BCUT2D eigenvalue weighted by Gasteiger charge is -2.26. The molecule has 2 aromatic rings. The van der Waals surface area contributed by atoms with Crippen molar-refractivity contribution in [2.75, 3.05) is 34.5 Å². The molecule has 0 aliphatic heterocycles. The van der Waals surface area contributed by atoms with Crippen LogP contribution in [0.5, 0.6) is 23.0 Å². The average Bonchev–Trinajstić information content (AvgIpc) is 2.84. The van der Waals surface area contributed by atoms with Gasteiger partial charge in [0.2, 0.25) is 5.75 Å². The predicted molar refractivity (Wildman–Crippen MR) is 136 cm³/mol. The Morgan fingerprint density at radius 2 is 1.65 bits per heavy atom. The maximum absolute atomic E-state index is 12.9.